The first-order valence-electron chi connectivity index (χ1n) is 11.1. The molecule has 7 heteroatoms. The number of methoxy groups -OCH3 is 1. The lowest BCUT2D eigenvalue weighted by molar-refractivity contribution is -0.124. The van der Waals surface area contributed by atoms with Gasteiger partial charge in [0.1, 0.15) is 10.6 Å². The van der Waals surface area contributed by atoms with Crippen LogP contribution in [0.3, 0.4) is 0 Å². The monoisotopic (exact) mass is 447 g/mol. The van der Waals surface area contributed by atoms with Crippen LogP contribution in [0.25, 0.3) is 0 Å². The van der Waals surface area contributed by atoms with Gasteiger partial charge in [0.2, 0.25) is 5.91 Å². The Balaban J connectivity index is 2.02. The summed E-state index contributed by atoms with van der Waals surface area (Å²) in [4.78, 5) is 28.8. The van der Waals surface area contributed by atoms with E-state index < -0.39 is 11.6 Å². The Bertz CT molecular complexity index is 846. The van der Waals surface area contributed by atoms with Crippen LogP contribution in [0, 0.1) is 23.7 Å². The van der Waals surface area contributed by atoms with Gasteiger partial charge >= 0.3 is 5.97 Å². The number of esters is 1. The molecule has 1 saturated heterocycles. The second kappa shape index (κ2) is 10.2. The third-order valence-electron chi connectivity index (χ3n) is 5.99. The molecule has 1 saturated carbocycles. The van der Waals surface area contributed by atoms with E-state index >= 15 is 0 Å². The van der Waals surface area contributed by atoms with Gasteiger partial charge in [0, 0.05) is 25.2 Å². The molecule has 0 aromatic carbocycles. The number of aliphatic hydroxyl groups is 1. The molecule has 2 heterocycles. The van der Waals surface area contributed by atoms with Crippen LogP contribution in [0.1, 0.15) is 74.5 Å². The summed E-state index contributed by atoms with van der Waals surface area (Å²) >= 11 is 1.32. The van der Waals surface area contributed by atoms with Crippen molar-refractivity contribution in [2.45, 2.75) is 70.9 Å². The maximum Gasteiger partial charge on any atom is 0.340 e. The molecule has 1 aliphatic heterocycles. The number of hydrogen-bond donors (Lipinski definition) is 1. The highest BCUT2D eigenvalue weighted by Gasteiger charge is 2.36. The average molecular weight is 448 g/mol. The fourth-order valence-electron chi connectivity index (χ4n) is 4.19. The van der Waals surface area contributed by atoms with Crippen molar-refractivity contribution in [3.63, 3.8) is 0 Å². The zero-order chi connectivity index (χ0) is 22.6. The third-order valence-corrected chi connectivity index (χ3v) is 7.04. The highest BCUT2D eigenvalue weighted by molar-refractivity contribution is 7.17. The Morgan fingerprint density at radius 1 is 1.19 bits per heavy atom. The second-order valence-corrected chi connectivity index (χ2v) is 10.2. The number of hydrogen-bond acceptors (Lipinski definition) is 6. The molecule has 1 aliphatic carbocycles. The lowest BCUT2D eigenvalue weighted by Crippen LogP contribution is -2.47. The zero-order valence-electron chi connectivity index (χ0n) is 18.9. The van der Waals surface area contributed by atoms with Crippen LogP contribution in [0.2, 0.25) is 0 Å². The summed E-state index contributed by atoms with van der Waals surface area (Å²) in [7, 11) is 1.34. The van der Waals surface area contributed by atoms with Gasteiger partial charge in [-0.05, 0) is 64.4 Å². The molecule has 0 bridgehead atoms. The van der Waals surface area contributed by atoms with E-state index in [1.165, 1.54) is 18.4 Å². The molecule has 1 aromatic rings. The van der Waals surface area contributed by atoms with Crippen LogP contribution >= 0.6 is 11.3 Å². The fourth-order valence-corrected chi connectivity index (χ4v) is 5.26. The Kier molecular flexibility index (Phi) is 7.79. The summed E-state index contributed by atoms with van der Waals surface area (Å²) in [5.74, 6) is 5.97. The molecular formula is C24H33NO5S. The second-order valence-electron chi connectivity index (χ2n) is 9.14. The first-order chi connectivity index (χ1) is 14.7. The minimum absolute atomic E-state index is 0.0160. The molecule has 0 spiro atoms. The number of carbonyl (C=O) groups excluding carboxylic acids is 2. The fraction of sp³-hybridized carbons (Fsp3) is 0.667. The van der Waals surface area contributed by atoms with E-state index in [-0.39, 0.29) is 17.9 Å². The Morgan fingerprint density at radius 3 is 2.42 bits per heavy atom. The van der Waals surface area contributed by atoms with Gasteiger partial charge in [0.25, 0.3) is 0 Å². The summed E-state index contributed by atoms with van der Waals surface area (Å²) in [6.45, 7) is 6.65. The van der Waals surface area contributed by atoms with Gasteiger partial charge < -0.3 is 14.6 Å². The van der Waals surface area contributed by atoms with Crippen molar-refractivity contribution in [2.24, 2.45) is 11.8 Å². The summed E-state index contributed by atoms with van der Waals surface area (Å²) in [6, 6.07) is 1.66. The zero-order valence-corrected chi connectivity index (χ0v) is 19.7. The van der Waals surface area contributed by atoms with Crippen molar-refractivity contribution in [3.05, 3.63) is 16.5 Å². The number of carbonyl (C=O) groups is 2. The normalized spacial score (nSPS) is 22.4. The van der Waals surface area contributed by atoms with Gasteiger partial charge in [-0.3, -0.25) is 9.69 Å². The van der Waals surface area contributed by atoms with Crippen molar-refractivity contribution < 1.29 is 24.2 Å². The molecule has 170 valence electrons. The van der Waals surface area contributed by atoms with Crippen LogP contribution in [0.5, 0.6) is 0 Å². The summed E-state index contributed by atoms with van der Waals surface area (Å²) in [5, 5.41) is 10.6. The SMILES string of the molecule is COC(=O)c1cc(C#CC(C)(C)O)sc1N(C(=O)C1CCC(C)CC1)C1CCOCC1. The molecule has 31 heavy (non-hydrogen) atoms. The van der Waals surface area contributed by atoms with Crippen molar-refractivity contribution in [2.75, 3.05) is 25.2 Å². The number of nitrogens with zero attached hydrogens (tertiary/aromatic N) is 1. The predicted molar refractivity (Wildman–Crippen MR) is 121 cm³/mol. The van der Waals surface area contributed by atoms with Gasteiger partial charge in [-0.2, -0.15) is 0 Å². The minimum Gasteiger partial charge on any atom is -0.465 e. The molecular weight excluding hydrogens is 414 g/mol. The van der Waals surface area contributed by atoms with E-state index in [4.69, 9.17) is 9.47 Å². The Labute approximate surface area is 188 Å². The average Bonchev–Trinajstić information content (AvgIpc) is 3.16. The number of amides is 1. The molecule has 1 aromatic heterocycles. The van der Waals surface area contributed by atoms with Crippen LogP contribution in [0.4, 0.5) is 5.00 Å². The lowest BCUT2D eigenvalue weighted by atomic mass is 9.82. The smallest absolute Gasteiger partial charge is 0.340 e. The summed E-state index contributed by atoms with van der Waals surface area (Å²) in [6.07, 6.45) is 5.33. The highest BCUT2D eigenvalue weighted by atomic mass is 32.1. The van der Waals surface area contributed by atoms with Gasteiger partial charge in [0.15, 0.2) is 0 Å². The predicted octanol–water partition coefficient (Wildman–Crippen LogP) is 4.00. The van der Waals surface area contributed by atoms with E-state index in [1.807, 2.05) is 4.90 Å². The van der Waals surface area contributed by atoms with Crippen LogP contribution in [-0.2, 0) is 14.3 Å². The van der Waals surface area contributed by atoms with Gasteiger partial charge in [-0.25, -0.2) is 4.79 Å². The molecule has 0 radical (unpaired) electrons. The van der Waals surface area contributed by atoms with Gasteiger partial charge in [-0.1, -0.05) is 18.8 Å². The highest BCUT2D eigenvalue weighted by Crippen LogP contribution is 2.38. The minimum atomic E-state index is -1.15. The lowest BCUT2D eigenvalue weighted by Gasteiger charge is -2.37. The van der Waals surface area contributed by atoms with Crippen molar-refractivity contribution in [1.82, 2.24) is 0 Å². The number of ether oxygens (including phenoxy) is 2. The number of anilines is 1. The quantitative estimate of drug-likeness (QED) is 0.558. The van der Waals surface area contributed by atoms with Crippen molar-refractivity contribution in [3.8, 4) is 11.8 Å². The van der Waals surface area contributed by atoms with Crippen molar-refractivity contribution >= 4 is 28.2 Å². The summed E-state index contributed by atoms with van der Waals surface area (Å²) < 4.78 is 10.5. The van der Waals surface area contributed by atoms with Gasteiger partial charge in [-0.15, -0.1) is 11.3 Å². The van der Waals surface area contributed by atoms with Gasteiger partial charge in [0.05, 0.1) is 17.6 Å². The maximum atomic E-state index is 13.8. The first-order valence-corrected chi connectivity index (χ1v) is 11.9. The molecule has 2 aliphatic rings. The molecule has 0 unspecified atom stereocenters. The Hall–Kier alpha value is -1.88. The molecule has 3 rings (SSSR count). The molecule has 0 atom stereocenters. The van der Waals surface area contributed by atoms with E-state index in [0.29, 0.717) is 34.6 Å². The topological polar surface area (TPSA) is 76.1 Å². The van der Waals surface area contributed by atoms with E-state index in [1.54, 1.807) is 19.9 Å². The van der Waals surface area contributed by atoms with E-state index in [9.17, 15) is 14.7 Å². The molecule has 1 amide bonds. The van der Waals surface area contributed by atoms with Crippen LogP contribution < -0.4 is 4.90 Å². The summed E-state index contributed by atoms with van der Waals surface area (Å²) in [5.41, 5.74) is -0.790. The largest absolute Gasteiger partial charge is 0.465 e. The van der Waals surface area contributed by atoms with E-state index in [0.717, 1.165) is 38.5 Å². The van der Waals surface area contributed by atoms with E-state index in [2.05, 4.69) is 18.8 Å². The van der Waals surface area contributed by atoms with Crippen LogP contribution in [-0.4, -0.2) is 48.9 Å². The number of rotatable bonds is 4. The number of thiophene rings is 1. The Morgan fingerprint density at radius 2 is 1.84 bits per heavy atom. The van der Waals surface area contributed by atoms with Crippen LogP contribution in [0.15, 0.2) is 6.07 Å². The third kappa shape index (κ3) is 6.09. The molecule has 6 nitrogen and oxygen atoms in total. The maximum absolute atomic E-state index is 13.8. The first kappa shape index (κ1) is 23.8. The molecule has 1 N–H and O–H groups in total. The van der Waals surface area contributed by atoms with Crippen molar-refractivity contribution in [1.29, 1.82) is 0 Å². The standard InChI is InChI=1S/C24H33NO5S/c1-16-5-7-17(8-6-16)21(26)25(18-10-13-30-14-11-18)22-20(23(27)29-4)15-19(31-22)9-12-24(2,3)28/h15-18,28H,5-8,10-11,13-14H2,1-4H3. The molecule has 2 fully saturated rings.